The molecule has 0 amide bonds. The van der Waals surface area contributed by atoms with Crippen molar-refractivity contribution in [3.63, 3.8) is 0 Å². The van der Waals surface area contributed by atoms with Crippen LogP contribution in [0.25, 0.3) is 0 Å². The summed E-state index contributed by atoms with van der Waals surface area (Å²) in [7, 11) is -4.64. The summed E-state index contributed by atoms with van der Waals surface area (Å²) in [6.45, 7) is 0. The van der Waals surface area contributed by atoms with Crippen LogP contribution in [0.2, 0.25) is 0 Å². The number of aliphatic carboxylic acids is 6. The number of carboxylic acid groups (broad SMARTS) is 6. The molecule has 0 aromatic heterocycles. The van der Waals surface area contributed by atoms with Crippen LogP contribution in [-0.2, 0) is 33.3 Å². The van der Waals surface area contributed by atoms with Crippen molar-refractivity contribution in [1.29, 1.82) is 0 Å². The second-order valence-corrected chi connectivity index (χ2v) is 4.43. The molecule has 0 aromatic rings. The zero-order chi connectivity index (χ0) is 22.1. The summed E-state index contributed by atoms with van der Waals surface area (Å²) in [4.78, 5) is 78.1. The fourth-order valence-corrected chi connectivity index (χ4v) is 0.388. The molecule has 0 unspecified atom stereocenters. The topological polar surface area (TPSA) is 302 Å². The third kappa shape index (κ3) is 104. The van der Waals surface area contributed by atoms with Crippen molar-refractivity contribution < 1.29 is 78.7 Å². The lowest BCUT2D eigenvalue weighted by Gasteiger charge is -1.82. The van der Waals surface area contributed by atoms with Gasteiger partial charge >= 0.3 is 43.6 Å². The Labute approximate surface area is 142 Å². The van der Waals surface area contributed by atoms with Gasteiger partial charge in [0.15, 0.2) is 0 Å². The summed E-state index contributed by atoms with van der Waals surface area (Å²) >= 11 is 0. The third-order valence-corrected chi connectivity index (χ3v) is 0.907. The van der Waals surface area contributed by atoms with Gasteiger partial charge in [0.1, 0.15) is 19.3 Å². The second kappa shape index (κ2) is 16.8. The zero-order valence-corrected chi connectivity index (χ0v) is 13.3. The summed E-state index contributed by atoms with van der Waals surface area (Å²) in [5, 5.41) is 46.2. The van der Waals surface area contributed by atoms with Gasteiger partial charge in [-0.3, -0.25) is 28.8 Å². The smallest absolute Gasteiger partial charge is 0.466 e. The summed E-state index contributed by atoms with van der Waals surface area (Å²) in [5.41, 5.74) is 0. The van der Waals surface area contributed by atoms with E-state index in [0.29, 0.717) is 0 Å². The van der Waals surface area contributed by atoms with Crippen LogP contribution in [0, 0.1) is 0 Å². The number of hydrogen-bond donors (Lipinski definition) is 9. The van der Waals surface area contributed by atoms with E-state index >= 15 is 0 Å². The zero-order valence-electron chi connectivity index (χ0n) is 12.5. The lowest BCUT2D eigenvalue weighted by atomic mass is 10.5. The van der Waals surface area contributed by atoms with E-state index in [1.165, 1.54) is 0 Å². The number of carboxylic acids is 6. The predicted octanol–water partition coefficient (Wildman–Crippen LogP) is -2.29. The fraction of sp³-hybridized carbons (Fsp3) is 0.333. The van der Waals surface area contributed by atoms with Crippen LogP contribution in [-0.4, -0.2) is 81.1 Å². The summed E-state index contributed by atoms with van der Waals surface area (Å²) < 4.78 is 8.88. The van der Waals surface area contributed by atoms with Gasteiger partial charge in [-0.25, -0.2) is 4.57 Å². The number of hydrogen-bond acceptors (Lipinski definition) is 7. The normalized spacial score (nSPS) is 8.73. The monoisotopic (exact) mass is 410 g/mol. The van der Waals surface area contributed by atoms with E-state index in [2.05, 4.69) is 0 Å². The van der Waals surface area contributed by atoms with Crippen molar-refractivity contribution in [1.82, 2.24) is 0 Å². The Morgan fingerprint density at radius 3 is 0.538 bits per heavy atom. The minimum Gasteiger partial charge on any atom is -0.481 e. The number of carbonyl (C=O) groups is 6. The average molecular weight is 410 g/mol. The summed E-state index contributed by atoms with van der Waals surface area (Å²) in [6, 6.07) is 0. The molecule has 152 valence electrons. The van der Waals surface area contributed by atoms with Gasteiger partial charge in [0.2, 0.25) is 0 Å². The molecule has 0 saturated heterocycles. The van der Waals surface area contributed by atoms with Crippen molar-refractivity contribution in [2.75, 3.05) is 0 Å². The van der Waals surface area contributed by atoms with Gasteiger partial charge in [-0.15, -0.1) is 0 Å². The molecule has 0 radical (unpaired) electrons. The first-order valence-corrected chi connectivity index (χ1v) is 7.04. The SMILES string of the molecule is O=C(O)CC(=O)O.O=C(O)CC(=O)O.O=C(O)CC(=O)O.O=P(O)(O)O. The highest BCUT2D eigenvalue weighted by molar-refractivity contribution is 7.45. The van der Waals surface area contributed by atoms with Crippen LogP contribution in [0.3, 0.4) is 0 Å². The molecule has 0 atom stereocenters. The van der Waals surface area contributed by atoms with Crippen molar-refractivity contribution in [2.45, 2.75) is 19.3 Å². The van der Waals surface area contributed by atoms with E-state index in [1.54, 1.807) is 0 Å². The molecular weight excluding hydrogens is 395 g/mol. The van der Waals surface area contributed by atoms with Crippen molar-refractivity contribution in [3.8, 4) is 0 Å². The maximum Gasteiger partial charge on any atom is 0.466 e. The Balaban J connectivity index is -0.000000125. The lowest BCUT2D eigenvalue weighted by Crippen LogP contribution is -2.03. The van der Waals surface area contributed by atoms with Gasteiger partial charge in [-0.05, 0) is 0 Å². The Bertz CT molecular complexity index is 438. The Kier molecular flexibility index (Phi) is 19.9. The highest BCUT2D eigenvalue weighted by atomic mass is 31.2. The molecule has 0 aliphatic carbocycles. The van der Waals surface area contributed by atoms with E-state index in [-0.39, 0.29) is 0 Å². The van der Waals surface area contributed by atoms with Gasteiger partial charge in [-0.2, -0.15) is 0 Å². The van der Waals surface area contributed by atoms with E-state index in [9.17, 15) is 28.8 Å². The molecule has 0 spiro atoms. The maximum atomic E-state index is 9.43. The molecule has 0 aliphatic heterocycles. The van der Waals surface area contributed by atoms with Crippen molar-refractivity contribution >= 4 is 43.6 Å². The number of rotatable bonds is 6. The molecular formula is C9H15O16P. The van der Waals surface area contributed by atoms with Gasteiger partial charge in [-0.1, -0.05) is 0 Å². The maximum absolute atomic E-state index is 9.43. The molecule has 0 fully saturated rings. The quantitative estimate of drug-likeness (QED) is 0.164. The average Bonchev–Trinajstić information content (AvgIpc) is 2.20. The molecule has 0 bridgehead atoms. The van der Waals surface area contributed by atoms with E-state index in [0.717, 1.165) is 0 Å². The molecule has 9 N–H and O–H groups in total. The lowest BCUT2D eigenvalue weighted by molar-refractivity contribution is -0.149. The first-order valence-electron chi connectivity index (χ1n) is 5.47. The minimum absolute atomic E-state index is 0.806. The highest BCUT2D eigenvalue weighted by Crippen LogP contribution is 2.25. The Hall–Kier alpha value is -3.07. The Morgan fingerprint density at radius 2 is 0.538 bits per heavy atom. The van der Waals surface area contributed by atoms with Crippen molar-refractivity contribution in [2.24, 2.45) is 0 Å². The van der Waals surface area contributed by atoms with Gasteiger partial charge in [0.25, 0.3) is 0 Å². The molecule has 0 saturated carbocycles. The van der Waals surface area contributed by atoms with Crippen LogP contribution in [0.5, 0.6) is 0 Å². The second-order valence-electron chi connectivity index (χ2n) is 3.41. The molecule has 26 heavy (non-hydrogen) atoms. The van der Waals surface area contributed by atoms with Gasteiger partial charge < -0.3 is 45.3 Å². The summed E-state index contributed by atoms with van der Waals surface area (Å²) in [5.74, 6) is -7.88. The molecule has 0 aromatic carbocycles. The number of phosphoric acid groups is 1. The van der Waals surface area contributed by atoms with Crippen LogP contribution in [0.4, 0.5) is 0 Å². The van der Waals surface area contributed by atoms with Crippen LogP contribution in [0.15, 0.2) is 0 Å². The standard InChI is InChI=1S/3C3H4O4.H3O4P/c3*4-2(5)1-3(6)7;1-5(2,3)4/h3*1H2,(H,4,5)(H,6,7);(H3,1,2,3,4). The molecule has 17 heteroatoms. The van der Waals surface area contributed by atoms with E-state index < -0.39 is 62.9 Å². The highest BCUT2D eigenvalue weighted by Gasteiger charge is 2.02. The fourth-order valence-electron chi connectivity index (χ4n) is 0.388. The minimum atomic E-state index is -4.64. The summed E-state index contributed by atoms with van der Waals surface area (Å²) in [6.07, 6.45) is -2.42. The largest absolute Gasteiger partial charge is 0.481 e. The van der Waals surface area contributed by atoms with Crippen LogP contribution >= 0.6 is 7.82 Å². The first kappa shape index (κ1) is 30.8. The van der Waals surface area contributed by atoms with Gasteiger partial charge in [0.05, 0.1) is 0 Å². The van der Waals surface area contributed by atoms with Crippen molar-refractivity contribution in [3.05, 3.63) is 0 Å². The Morgan fingerprint density at radius 1 is 0.462 bits per heavy atom. The predicted molar refractivity (Wildman–Crippen MR) is 73.9 cm³/mol. The molecule has 0 heterocycles. The van der Waals surface area contributed by atoms with E-state index in [4.69, 9.17) is 49.9 Å². The van der Waals surface area contributed by atoms with E-state index in [1.807, 2.05) is 0 Å². The first-order chi connectivity index (χ1) is 11.4. The molecule has 0 aliphatic rings. The molecule has 0 rings (SSSR count). The third-order valence-electron chi connectivity index (χ3n) is 0.907. The van der Waals surface area contributed by atoms with Gasteiger partial charge in [0, 0.05) is 0 Å². The molecule has 16 nitrogen and oxygen atoms in total. The van der Waals surface area contributed by atoms with Crippen LogP contribution in [0.1, 0.15) is 19.3 Å². The van der Waals surface area contributed by atoms with Crippen LogP contribution < -0.4 is 0 Å².